The maximum absolute atomic E-state index is 13.1. The predicted molar refractivity (Wildman–Crippen MR) is 103 cm³/mol. The van der Waals surface area contributed by atoms with Gasteiger partial charge in [-0.2, -0.15) is 0 Å². The second-order valence-corrected chi connectivity index (χ2v) is 8.21. The summed E-state index contributed by atoms with van der Waals surface area (Å²) >= 11 is 0. The number of hydrogen-bond donors (Lipinski definition) is 1. The van der Waals surface area contributed by atoms with Crippen LogP contribution in [0.25, 0.3) is 0 Å². The molecular formula is C21H31N3O2. The van der Waals surface area contributed by atoms with Crippen molar-refractivity contribution < 1.29 is 9.53 Å². The second-order valence-electron chi connectivity index (χ2n) is 8.21. The van der Waals surface area contributed by atoms with Crippen molar-refractivity contribution in [3.05, 3.63) is 24.3 Å². The minimum Gasteiger partial charge on any atom is -0.497 e. The van der Waals surface area contributed by atoms with Crippen LogP contribution in [0.2, 0.25) is 0 Å². The van der Waals surface area contributed by atoms with Crippen LogP contribution in [0.15, 0.2) is 24.3 Å². The normalized spacial score (nSPS) is 31.6. The second kappa shape index (κ2) is 7.47. The van der Waals surface area contributed by atoms with Crippen LogP contribution in [-0.2, 0) is 4.79 Å². The highest BCUT2D eigenvalue weighted by Gasteiger charge is 2.41. The molecule has 142 valence electrons. The first-order valence-electron chi connectivity index (χ1n) is 10.1. The first-order chi connectivity index (χ1) is 12.7. The number of methoxy groups -OCH3 is 1. The molecule has 0 aromatic heterocycles. The van der Waals surface area contributed by atoms with Crippen LogP contribution in [0, 0.1) is 17.8 Å². The van der Waals surface area contributed by atoms with Crippen LogP contribution in [0.5, 0.6) is 5.75 Å². The number of carbonyl (C=O) groups excluding carboxylic acids is 1. The molecule has 2 atom stereocenters. The summed E-state index contributed by atoms with van der Waals surface area (Å²) in [6, 6.07) is 8.51. The van der Waals surface area contributed by atoms with Crippen LogP contribution in [0.4, 0.5) is 5.69 Å². The summed E-state index contributed by atoms with van der Waals surface area (Å²) in [6.07, 6.45) is 5.73. The summed E-state index contributed by atoms with van der Waals surface area (Å²) < 4.78 is 5.33. The number of rotatable bonds is 3. The van der Waals surface area contributed by atoms with Crippen LogP contribution >= 0.6 is 0 Å². The van der Waals surface area contributed by atoms with Gasteiger partial charge in [-0.25, -0.2) is 0 Å². The lowest BCUT2D eigenvalue weighted by atomic mass is 9.65. The molecule has 4 rings (SSSR count). The SMILES string of the molecule is COc1cccc(N2CCN(C(=O)C3CC4CCCC(C3)C4N)CC2)c1. The number of piperazine rings is 1. The fourth-order valence-electron chi connectivity index (χ4n) is 5.24. The van der Waals surface area contributed by atoms with Crippen molar-refractivity contribution in [1.82, 2.24) is 4.90 Å². The molecule has 2 bridgehead atoms. The number of ether oxygens (including phenoxy) is 1. The average Bonchev–Trinajstić information content (AvgIpc) is 2.67. The minimum atomic E-state index is 0.202. The minimum absolute atomic E-state index is 0.202. The Morgan fingerprint density at radius 2 is 1.81 bits per heavy atom. The van der Waals surface area contributed by atoms with Crippen LogP contribution in [0.3, 0.4) is 0 Å². The van der Waals surface area contributed by atoms with Crippen molar-refractivity contribution in [1.29, 1.82) is 0 Å². The number of carbonyl (C=O) groups is 1. The molecule has 2 saturated carbocycles. The van der Waals surface area contributed by atoms with Gasteiger partial charge in [0.25, 0.3) is 0 Å². The molecule has 1 aromatic carbocycles. The van der Waals surface area contributed by atoms with Gasteiger partial charge in [0.2, 0.25) is 5.91 Å². The molecule has 2 N–H and O–H groups in total. The molecule has 26 heavy (non-hydrogen) atoms. The lowest BCUT2D eigenvalue weighted by Crippen LogP contribution is -2.53. The van der Waals surface area contributed by atoms with Gasteiger partial charge in [-0.15, -0.1) is 0 Å². The van der Waals surface area contributed by atoms with Gasteiger partial charge in [-0.3, -0.25) is 4.79 Å². The number of hydrogen-bond acceptors (Lipinski definition) is 4. The fraction of sp³-hybridized carbons (Fsp3) is 0.667. The van der Waals surface area contributed by atoms with E-state index in [-0.39, 0.29) is 5.92 Å². The smallest absolute Gasteiger partial charge is 0.225 e. The molecule has 5 nitrogen and oxygen atoms in total. The zero-order valence-electron chi connectivity index (χ0n) is 15.8. The Balaban J connectivity index is 1.35. The van der Waals surface area contributed by atoms with Crippen LogP contribution < -0.4 is 15.4 Å². The third-order valence-corrected chi connectivity index (χ3v) is 6.77. The molecule has 1 aliphatic heterocycles. The topological polar surface area (TPSA) is 58.8 Å². The Morgan fingerprint density at radius 1 is 1.12 bits per heavy atom. The summed E-state index contributed by atoms with van der Waals surface area (Å²) in [4.78, 5) is 17.5. The molecule has 1 heterocycles. The third-order valence-electron chi connectivity index (χ3n) is 6.77. The van der Waals surface area contributed by atoms with Crippen molar-refractivity contribution in [2.45, 2.75) is 38.1 Å². The van der Waals surface area contributed by atoms with E-state index in [4.69, 9.17) is 10.5 Å². The summed E-state index contributed by atoms with van der Waals surface area (Å²) in [5.74, 6) is 2.59. The number of anilines is 1. The lowest BCUT2D eigenvalue weighted by Gasteiger charge is -2.45. The lowest BCUT2D eigenvalue weighted by molar-refractivity contribution is -0.138. The molecular weight excluding hydrogens is 326 g/mol. The molecule has 0 spiro atoms. The van der Waals surface area contributed by atoms with Gasteiger partial charge in [0, 0.05) is 49.9 Å². The van der Waals surface area contributed by atoms with Gasteiger partial charge in [-0.05, 0) is 49.7 Å². The van der Waals surface area contributed by atoms with E-state index in [1.54, 1.807) is 7.11 Å². The van der Waals surface area contributed by atoms with Gasteiger partial charge in [0.1, 0.15) is 5.75 Å². The van der Waals surface area contributed by atoms with Gasteiger partial charge >= 0.3 is 0 Å². The van der Waals surface area contributed by atoms with E-state index >= 15 is 0 Å². The summed E-state index contributed by atoms with van der Waals surface area (Å²) in [6.45, 7) is 3.40. The molecule has 3 aliphatic rings. The van der Waals surface area contributed by atoms with E-state index < -0.39 is 0 Å². The Hall–Kier alpha value is -1.75. The van der Waals surface area contributed by atoms with Crippen molar-refractivity contribution in [3.63, 3.8) is 0 Å². The Morgan fingerprint density at radius 3 is 2.46 bits per heavy atom. The molecule has 5 heteroatoms. The molecule has 2 aliphatic carbocycles. The molecule has 1 amide bonds. The Bertz CT molecular complexity index is 628. The molecule has 3 fully saturated rings. The van der Waals surface area contributed by atoms with E-state index in [1.807, 2.05) is 12.1 Å². The van der Waals surface area contributed by atoms with Crippen molar-refractivity contribution in [3.8, 4) is 5.75 Å². The highest BCUT2D eigenvalue weighted by atomic mass is 16.5. The maximum atomic E-state index is 13.1. The van der Waals surface area contributed by atoms with E-state index in [1.165, 1.54) is 24.9 Å². The van der Waals surface area contributed by atoms with Gasteiger partial charge in [-0.1, -0.05) is 12.5 Å². The monoisotopic (exact) mass is 357 g/mol. The number of nitrogens with two attached hydrogens (primary N) is 1. The molecule has 2 unspecified atom stereocenters. The van der Waals surface area contributed by atoms with Crippen LogP contribution in [-0.4, -0.2) is 50.1 Å². The zero-order valence-corrected chi connectivity index (χ0v) is 15.8. The Kier molecular flexibility index (Phi) is 5.07. The van der Waals surface area contributed by atoms with Gasteiger partial charge < -0.3 is 20.3 Å². The Labute approximate surface area is 156 Å². The van der Waals surface area contributed by atoms with Crippen molar-refractivity contribution >= 4 is 11.6 Å². The molecule has 1 saturated heterocycles. The standard InChI is InChI=1S/C21H31N3O2/c1-26-19-7-3-6-18(14-19)23-8-10-24(11-9-23)21(25)17-12-15-4-2-5-16(13-17)20(15)22/h3,6-7,14-17,20H,2,4-5,8-13,22H2,1H3. The van der Waals surface area contributed by atoms with Gasteiger partial charge in [0.05, 0.1) is 7.11 Å². The van der Waals surface area contributed by atoms with Gasteiger partial charge in [0.15, 0.2) is 0 Å². The maximum Gasteiger partial charge on any atom is 0.225 e. The zero-order chi connectivity index (χ0) is 18.1. The average molecular weight is 357 g/mol. The number of amides is 1. The fourth-order valence-corrected chi connectivity index (χ4v) is 5.24. The van der Waals surface area contributed by atoms with Crippen LogP contribution in [0.1, 0.15) is 32.1 Å². The number of benzene rings is 1. The third kappa shape index (κ3) is 3.41. The highest BCUT2D eigenvalue weighted by Crippen LogP contribution is 2.42. The highest BCUT2D eigenvalue weighted by molar-refractivity contribution is 5.79. The first kappa shape index (κ1) is 17.7. The predicted octanol–water partition coefficient (Wildman–Crippen LogP) is 2.50. The first-order valence-corrected chi connectivity index (χ1v) is 10.1. The van der Waals surface area contributed by atoms with E-state index in [0.717, 1.165) is 44.8 Å². The quantitative estimate of drug-likeness (QED) is 0.903. The van der Waals surface area contributed by atoms with E-state index in [2.05, 4.69) is 21.9 Å². The number of fused-ring (bicyclic) bond motifs is 2. The number of nitrogens with zero attached hydrogens (tertiary/aromatic N) is 2. The molecule has 1 aromatic rings. The van der Waals surface area contributed by atoms with Crippen molar-refractivity contribution in [2.75, 3.05) is 38.2 Å². The molecule has 0 radical (unpaired) electrons. The summed E-state index contributed by atoms with van der Waals surface area (Å²) in [5.41, 5.74) is 7.57. The van der Waals surface area contributed by atoms with Crippen molar-refractivity contribution in [2.24, 2.45) is 23.5 Å². The largest absolute Gasteiger partial charge is 0.497 e. The summed E-state index contributed by atoms with van der Waals surface area (Å²) in [5, 5.41) is 0. The summed E-state index contributed by atoms with van der Waals surface area (Å²) in [7, 11) is 1.70. The van der Waals surface area contributed by atoms with E-state index in [9.17, 15) is 4.79 Å². The van der Waals surface area contributed by atoms with E-state index in [0.29, 0.717) is 23.8 Å².